The normalized spacial score (nSPS) is 13.9. The van der Waals surface area contributed by atoms with Crippen LogP contribution in [0.15, 0.2) is 109 Å². The van der Waals surface area contributed by atoms with E-state index >= 15 is 0 Å². The fourth-order valence-electron chi connectivity index (χ4n) is 4.98. The summed E-state index contributed by atoms with van der Waals surface area (Å²) in [7, 11) is 0. The van der Waals surface area contributed by atoms with Crippen LogP contribution in [0.5, 0.6) is 0 Å². The second kappa shape index (κ2) is 13.1. The van der Waals surface area contributed by atoms with Crippen molar-refractivity contribution in [3.63, 3.8) is 0 Å². The number of ether oxygens (including phenoxy) is 1. The second-order valence-electron chi connectivity index (χ2n) is 10.1. The van der Waals surface area contributed by atoms with Crippen LogP contribution < -0.4 is 10.2 Å². The molecule has 4 aromatic rings. The number of anilines is 2. The van der Waals surface area contributed by atoms with E-state index < -0.39 is 6.04 Å². The molecule has 6 heteroatoms. The Morgan fingerprint density at radius 3 is 2.02 bits per heavy atom. The zero-order valence-electron chi connectivity index (χ0n) is 22.8. The summed E-state index contributed by atoms with van der Waals surface area (Å²) in [5.74, 6) is -0.362. The summed E-state index contributed by atoms with van der Waals surface area (Å²) in [5.41, 5.74) is 5.52. The maximum Gasteiger partial charge on any atom is 0.251 e. The largest absolute Gasteiger partial charge is 0.378 e. The molecule has 0 saturated carbocycles. The quantitative estimate of drug-likeness (QED) is 0.296. The summed E-state index contributed by atoms with van der Waals surface area (Å²) in [6.07, 6.45) is 0.206. The third-order valence-electron chi connectivity index (χ3n) is 7.18. The Labute approximate surface area is 236 Å². The zero-order valence-corrected chi connectivity index (χ0v) is 22.8. The Morgan fingerprint density at radius 1 is 0.800 bits per heavy atom. The summed E-state index contributed by atoms with van der Waals surface area (Å²) in [6.45, 7) is 5.44. The number of nitrogens with zero attached hydrogens (tertiary/aromatic N) is 2. The molecule has 1 aliphatic heterocycles. The topological polar surface area (TPSA) is 61.9 Å². The number of carbonyl (C=O) groups excluding carboxylic acids is 2. The van der Waals surface area contributed by atoms with Gasteiger partial charge in [-0.2, -0.15) is 0 Å². The van der Waals surface area contributed by atoms with Crippen molar-refractivity contribution in [2.45, 2.75) is 25.9 Å². The number of morpholine rings is 1. The van der Waals surface area contributed by atoms with Crippen LogP contribution in [0.2, 0.25) is 0 Å². The van der Waals surface area contributed by atoms with Crippen molar-refractivity contribution in [2.24, 2.45) is 0 Å². The lowest BCUT2D eigenvalue weighted by Gasteiger charge is -2.32. The minimum atomic E-state index is -0.809. The summed E-state index contributed by atoms with van der Waals surface area (Å²) in [5, 5.41) is 3.09. The molecule has 204 valence electrons. The highest BCUT2D eigenvalue weighted by atomic mass is 16.5. The van der Waals surface area contributed by atoms with Crippen LogP contribution in [-0.2, 0) is 27.3 Å². The van der Waals surface area contributed by atoms with Gasteiger partial charge in [0.05, 0.1) is 19.6 Å². The van der Waals surface area contributed by atoms with Crippen molar-refractivity contribution in [2.75, 3.05) is 36.5 Å². The van der Waals surface area contributed by atoms with Crippen LogP contribution in [0.25, 0.3) is 0 Å². The Balaban J connectivity index is 1.45. The second-order valence-corrected chi connectivity index (χ2v) is 10.1. The van der Waals surface area contributed by atoms with Gasteiger partial charge < -0.3 is 19.9 Å². The van der Waals surface area contributed by atoms with Crippen LogP contribution in [0.1, 0.15) is 28.3 Å². The minimum Gasteiger partial charge on any atom is -0.378 e. The fraction of sp³-hybridized carbons (Fsp3) is 0.235. The molecule has 1 saturated heterocycles. The summed E-state index contributed by atoms with van der Waals surface area (Å²) in [4.78, 5) is 31.9. The van der Waals surface area contributed by atoms with Gasteiger partial charge in [0, 0.05) is 31.0 Å². The number of aryl methyl sites for hydroxylation is 1. The van der Waals surface area contributed by atoms with Crippen molar-refractivity contribution in [3.05, 3.63) is 131 Å². The van der Waals surface area contributed by atoms with Gasteiger partial charge in [-0.05, 0) is 47.9 Å². The van der Waals surface area contributed by atoms with Crippen molar-refractivity contribution in [1.29, 1.82) is 0 Å². The van der Waals surface area contributed by atoms with Gasteiger partial charge >= 0.3 is 0 Å². The standard InChI is InChI=1S/C34H35N3O3/c1-26-12-14-29(15-13-26)33(34(39)35-30-16-18-31(19-17-30)36-20-22-40-23-21-36)37(25-28-10-6-3-7-11-28)32(38)24-27-8-4-2-5-9-27/h2-19,33H,20-25H2,1H3,(H,35,39)/t33-/m0/s1. The van der Waals surface area contributed by atoms with Gasteiger partial charge in [0.1, 0.15) is 6.04 Å². The summed E-state index contributed by atoms with van der Waals surface area (Å²) >= 11 is 0. The van der Waals surface area contributed by atoms with Crippen molar-refractivity contribution >= 4 is 23.2 Å². The smallest absolute Gasteiger partial charge is 0.251 e. The van der Waals surface area contributed by atoms with E-state index in [0.29, 0.717) is 25.4 Å². The van der Waals surface area contributed by atoms with Crippen molar-refractivity contribution in [1.82, 2.24) is 4.90 Å². The van der Waals surface area contributed by atoms with E-state index in [1.54, 1.807) is 4.90 Å². The zero-order chi connectivity index (χ0) is 27.7. The summed E-state index contributed by atoms with van der Waals surface area (Å²) < 4.78 is 5.46. The van der Waals surface area contributed by atoms with Crippen LogP contribution in [0.3, 0.4) is 0 Å². The third-order valence-corrected chi connectivity index (χ3v) is 7.18. The van der Waals surface area contributed by atoms with Gasteiger partial charge in [0.2, 0.25) is 5.91 Å². The van der Waals surface area contributed by atoms with Gasteiger partial charge in [-0.15, -0.1) is 0 Å². The van der Waals surface area contributed by atoms with Crippen LogP contribution in [-0.4, -0.2) is 43.0 Å². The molecule has 40 heavy (non-hydrogen) atoms. The molecule has 0 radical (unpaired) electrons. The molecule has 1 atom stereocenters. The van der Waals surface area contributed by atoms with E-state index in [0.717, 1.165) is 41.0 Å². The Kier molecular flexibility index (Phi) is 8.89. The average molecular weight is 534 g/mol. The maximum atomic E-state index is 14.0. The lowest BCUT2D eigenvalue weighted by molar-refractivity contribution is -0.139. The van der Waals surface area contributed by atoms with Crippen LogP contribution in [0.4, 0.5) is 11.4 Å². The minimum absolute atomic E-state index is 0.113. The van der Waals surface area contributed by atoms with Gasteiger partial charge in [-0.1, -0.05) is 90.5 Å². The first kappa shape index (κ1) is 27.2. The molecular formula is C34H35N3O3. The highest BCUT2D eigenvalue weighted by Gasteiger charge is 2.32. The highest BCUT2D eigenvalue weighted by Crippen LogP contribution is 2.28. The number of hydrogen-bond acceptors (Lipinski definition) is 4. The van der Waals surface area contributed by atoms with Crippen LogP contribution in [0, 0.1) is 6.92 Å². The van der Waals surface area contributed by atoms with E-state index in [1.165, 1.54) is 0 Å². The Hall–Kier alpha value is -4.42. The van der Waals surface area contributed by atoms with E-state index in [2.05, 4.69) is 10.2 Å². The molecule has 0 aromatic heterocycles. The highest BCUT2D eigenvalue weighted by molar-refractivity contribution is 5.98. The van der Waals surface area contributed by atoms with Crippen molar-refractivity contribution < 1.29 is 14.3 Å². The molecule has 0 aliphatic carbocycles. The molecule has 0 unspecified atom stereocenters. The first-order chi connectivity index (χ1) is 19.6. The van der Waals surface area contributed by atoms with E-state index in [9.17, 15) is 9.59 Å². The number of nitrogens with one attached hydrogen (secondary N) is 1. The molecule has 6 nitrogen and oxygen atoms in total. The van der Waals surface area contributed by atoms with Gasteiger partial charge in [0.15, 0.2) is 0 Å². The SMILES string of the molecule is Cc1ccc([C@@H](C(=O)Nc2ccc(N3CCOCC3)cc2)N(Cc2ccccc2)C(=O)Cc2ccccc2)cc1. The Bertz CT molecular complexity index is 1380. The first-order valence-corrected chi connectivity index (χ1v) is 13.7. The average Bonchev–Trinajstić information content (AvgIpc) is 2.99. The molecule has 5 rings (SSSR count). The maximum absolute atomic E-state index is 14.0. The number of rotatable bonds is 9. The van der Waals surface area contributed by atoms with Gasteiger partial charge in [0.25, 0.3) is 5.91 Å². The molecule has 1 fully saturated rings. The number of hydrogen-bond donors (Lipinski definition) is 1. The van der Waals surface area contributed by atoms with E-state index in [4.69, 9.17) is 4.74 Å². The van der Waals surface area contributed by atoms with E-state index in [-0.39, 0.29) is 18.2 Å². The number of carbonyl (C=O) groups is 2. The monoisotopic (exact) mass is 533 g/mol. The van der Waals surface area contributed by atoms with Crippen molar-refractivity contribution in [3.8, 4) is 0 Å². The molecule has 2 amide bonds. The molecule has 1 N–H and O–H groups in total. The molecular weight excluding hydrogens is 498 g/mol. The molecule has 1 heterocycles. The fourth-order valence-corrected chi connectivity index (χ4v) is 4.98. The number of benzene rings is 4. The predicted molar refractivity (Wildman–Crippen MR) is 159 cm³/mol. The summed E-state index contributed by atoms with van der Waals surface area (Å²) in [6, 6.07) is 34.4. The van der Waals surface area contributed by atoms with Gasteiger partial charge in [-0.25, -0.2) is 0 Å². The predicted octanol–water partition coefficient (Wildman–Crippen LogP) is 5.78. The lowest BCUT2D eigenvalue weighted by atomic mass is 10.00. The number of amides is 2. The Morgan fingerprint density at radius 2 is 1.40 bits per heavy atom. The molecule has 4 aromatic carbocycles. The molecule has 0 spiro atoms. The molecule has 1 aliphatic rings. The molecule has 0 bridgehead atoms. The lowest BCUT2D eigenvalue weighted by Crippen LogP contribution is -2.41. The van der Waals surface area contributed by atoms with E-state index in [1.807, 2.05) is 116 Å². The van der Waals surface area contributed by atoms with Crippen LogP contribution >= 0.6 is 0 Å². The third kappa shape index (κ3) is 6.96. The van der Waals surface area contributed by atoms with Gasteiger partial charge in [-0.3, -0.25) is 9.59 Å². The first-order valence-electron chi connectivity index (χ1n) is 13.7.